The number of hydrogen-bond donors (Lipinski definition) is 2. The second-order valence-corrected chi connectivity index (χ2v) is 7.63. The van der Waals surface area contributed by atoms with Crippen LogP contribution in [0.5, 0.6) is 5.75 Å². The maximum atomic E-state index is 12.6. The van der Waals surface area contributed by atoms with Crippen LogP contribution in [0.4, 0.5) is 0 Å². The number of carbonyl (C=O) groups excluding carboxylic acids is 1. The Morgan fingerprint density at radius 2 is 1.88 bits per heavy atom. The molecule has 0 aliphatic heterocycles. The van der Waals surface area contributed by atoms with Crippen LogP contribution in [0.1, 0.15) is 42.2 Å². The van der Waals surface area contributed by atoms with E-state index in [-0.39, 0.29) is 22.4 Å². The summed E-state index contributed by atoms with van der Waals surface area (Å²) in [6.45, 7) is 4.08. The molecule has 0 radical (unpaired) electrons. The number of nitrogens with one attached hydrogen (secondary N) is 2. The summed E-state index contributed by atoms with van der Waals surface area (Å²) in [6, 6.07) is 13.1. The zero-order valence-electron chi connectivity index (χ0n) is 15.2. The van der Waals surface area contributed by atoms with Gasteiger partial charge in [-0.25, -0.2) is 13.1 Å². The number of hydrogen-bond acceptors (Lipinski definition) is 4. The molecule has 0 aliphatic carbocycles. The van der Waals surface area contributed by atoms with Gasteiger partial charge in [0, 0.05) is 17.7 Å². The Kier molecular flexibility index (Phi) is 6.76. The van der Waals surface area contributed by atoms with Gasteiger partial charge in [-0.3, -0.25) is 4.79 Å². The van der Waals surface area contributed by atoms with E-state index in [1.54, 1.807) is 19.2 Å². The third kappa shape index (κ3) is 4.83. The van der Waals surface area contributed by atoms with E-state index < -0.39 is 10.0 Å². The SMILES string of the molecule is CCCNS(=O)(=O)c1cccc(C(=O)N[C@@H](C)c2ccccc2OC)c1. The first-order valence-corrected chi connectivity index (χ1v) is 9.91. The molecule has 0 saturated heterocycles. The molecule has 2 aromatic carbocycles. The van der Waals surface area contributed by atoms with Crippen LogP contribution in [-0.2, 0) is 10.0 Å². The number of ether oxygens (including phenoxy) is 1. The number of rotatable bonds is 8. The van der Waals surface area contributed by atoms with Crippen molar-refractivity contribution < 1.29 is 17.9 Å². The molecule has 2 N–H and O–H groups in total. The lowest BCUT2D eigenvalue weighted by Crippen LogP contribution is -2.28. The molecular formula is C19H24N2O4S. The van der Waals surface area contributed by atoms with Crippen LogP contribution in [0.15, 0.2) is 53.4 Å². The zero-order valence-corrected chi connectivity index (χ0v) is 16.0. The van der Waals surface area contributed by atoms with Crippen molar-refractivity contribution in [3.05, 3.63) is 59.7 Å². The third-order valence-corrected chi connectivity index (χ3v) is 5.36. The average molecular weight is 376 g/mol. The molecule has 0 heterocycles. The predicted molar refractivity (Wildman–Crippen MR) is 101 cm³/mol. The van der Waals surface area contributed by atoms with Gasteiger partial charge in [-0.2, -0.15) is 0 Å². The van der Waals surface area contributed by atoms with Crippen LogP contribution in [0.3, 0.4) is 0 Å². The molecule has 2 rings (SSSR count). The van der Waals surface area contributed by atoms with Gasteiger partial charge in [-0.15, -0.1) is 0 Å². The van der Waals surface area contributed by atoms with E-state index in [4.69, 9.17) is 4.74 Å². The molecule has 26 heavy (non-hydrogen) atoms. The Hall–Kier alpha value is -2.38. The second kappa shape index (κ2) is 8.82. The average Bonchev–Trinajstić information content (AvgIpc) is 2.66. The summed E-state index contributed by atoms with van der Waals surface area (Å²) in [5, 5.41) is 2.87. The van der Waals surface area contributed by atoms with Gasteiger partial charge in [-0.1, -0.05) is 31.2 Å². The molecule has 6 nitrogen and oxygen atoms in total. The van der Waals surface area contributed by atoms with E-state index in [2.05, 4.69) is 10.0 Å². The largest absolute Gasteiger partial charge is 0.496 e. The van der Waals surface area contributed by atoms with E-state index in [0.717, 1.165) is 5.56 Å². The fourth-order valence-electron chi connectivity index (χ4n) is 2.51. The molecule has 7 heteroatoms. The fraction of sp³-hybridized carbons (Fsp3) is 0.316. The maximum Gasteiger partial charge on any atom is 0.251 e. The lowest BCUT2D eigenvalue weighted by atomic mass is 10.1. The Balaban J connectivity index is 2.19. The Bertz CT molecular complexity index is 865. The lowest BCUT2D eigenvalue weighted by Gasteiger charge is -2.17. The van der Waals surface area contributed by atoms with Crippen molar-refractivity contribution in [2.24, 2.45) is 0 Å². The highest BCUT2D eigenvalue weighted by atomic mass is 32.2. The minimum absolute atomic E-state index is 0.0727. The number of para-hydroxylation sites is 1. The second-order valence-electron chi connectivity index (χ2n) is 5.86. The summed E-state index contributed by atoms with van der Waals surface area (Å²) in [4.78, 5) is 12.6. The molecule has 1 atom stereocenters. The van der Waals surface area contributed by atoms with Gasteiger partial charge in [0.05, 0.1) is 18.0 Å². The smallest absolute Gasteiger partial charge is 0.251 e. The lowest BCUT2D eigenvalue weighted by molar-refractivity contribution is 0.0939. The highest BCUT2D eigenvalue weighted by Crippen LogP contribution is 2.24. The van der Waals surface area contributed by atoms with Crippen LogP contribution in [0.2, 0.25) is 0 Å². The van der Waals surface area contributed by atoms with Crippen LogP contribution in [-0.4, -0.2) is 28.0 Å². The number of methoxy groups -OCH3 is 1. The van der Waals surface area contributed by atoms with Crippen molar-refractivity contribution >= 4 is 15.9 Å². The molecule has 2 aromatic rings. The quantitative estimate of drug-likeness (QED) is 0.742. The maximum absolute atomic E-state index is 12.6. The van der Waals surface area contributed by atoms with Gasteiger partial charge < -0.3 is 10.1 Å². The standard InChI is InChI=1S/C19H24N2O4S/c1-4-12-20-26(23,24)16-9-7-8-15(13-16)19(22)21-14(2)17-10-5-6-11-18(17)25-3/h5-11,13-14,20H,4,12H2,1-3H3,(H,21,22)/t14-/m0/s1. The molecular weight excluding hydrogens is 352 g/mol. The van der Waals surface area contributed by atoms with E-state index in [1.165, 1.54) is 12.1 Å². The first-order chi connectivity index (χ1) is 12.4. The van der Waals surface area contributed by atoms with Crippen molar-refractivity contribution in [2.45, 2.75) is 31.2 Å². The first kappa shape index (κ1) is 19.9. The summed E-state index contributed by atoms with van der Waals surface area (Å²) in [5.74, 6) is 0.330. The fourth-order valence-corrected chi connectivity index (χ4v) is 3.69. The van der Waals surface area contributed by atoms with Crippen molar-refractivity contribution in [3.63, 3.8) is 0 Å². The summed E-state index contributed by atoms with van der Waals surface area (Å²) < 4.78 is 32.3. The Labute approximate surface area is 154 Å². The molecule has 0 bridgehead atoms. The Morgan fingerprint density at radius 3 is 2.58 bits per heavy atom. The third-order valence-electron chi connectivity index (χ3n) is 3.90. The van der Waals surface area contributed by atoms with E-state index in [0.29, 0.717) is 18.7 Å². The van der Waals surface area contributed by atoms with Crippen molar-refractivity contribution in [3.8, 4) is 5.75 Å². The number of sulfonamides is 1. The molecule has 140 valence electrons. The van der Waals surface area contributed by atoms with Crippen molar-refractivity contribution in [1.29, 1.82) is 0 Å². The van der Waals surface area contributed by atoms with Crippen LogP contribution < -0.4 is 14.8 Å². The van der Waals surface area contributed by atoms with Crippen LogP contribution >= 0.6 is 0 Å². The number of carbonyl (C=O) groups is 1. The summed E-state index contributed by atoms with van der Waals surface area (Å²) in [6.07, 6.45) is 0.690. The normalized spacial score (nSPS) is 12.4. The number of benzene rings is 2. The van der Waals surface area contributed by atoms with Gasteiger partial charge in [0.2, 0.25) is 10.0 Å². The van der Waals surface area contributed by atoms with E-state index >= 15 is 0 Å². The monoisotopic (exact) mass is 376 g/mol. The van der Waals surface area contributed by atoms with Gasteiger partial charge in [0.1, 0.15) is 5.75 Å². The van der Waals surface area contributed by atoms with Gasteiger partial charge in [0.15, 0.2) is 0 Å². The highest BCUT2D eigenvalue weighted by molar-refractivity contribution is 7.89. The summed E-state index contributed by atoms with van der Waals surface area (Å²) in [7, 11) is -2.05. The van der Waals surface area contributed by atoms with E-state index in [9.17, 15) is 13.2 Å². The van der Waals surface area contributed by atoms with Crippen molar-refractivity contribution in [1.82, 2.24) is 10.0 Å². The van der Waals surface area contributed by atoms with Gasteiger partial charge in [0.25, 0.3) is 5.91 Å². The van der Waals surface area contributed by atoms with Gasteiger partial charge in [-0.05, 0) is 37.6 Å². The topological polar surface area (TPSA) is 84.5 Å². The summed E-state index contributed by atoms with van der Waals surface area (Å²) in [5.41, 5.74) is 1.13. The molecule has 1 amide bonds. The molecule has 0 unspecified atom stereocenters. The minimum Gasteiger partial charge on any atom is -0.496 e. The molecule has 0 aromatic heterocycles. The molecule has 0 aliphatic rings. The van der Waals surface area contributed by atoms with Crippen LogP contribution in [0.25, 0.3) is 0 Å². The molecule has 0 spiro atoms. The number of amides is 1. The first-order valence-electron chi connectivity index (χ1n) is 8.42. The predicted octanol–water partition coefficient (Wildman–Crippen LogP) is 2.87. The molecule has 0 saturated carbocycles. The van der Waals surface area contributed by atoms with Crippen molar-refractivity contribution in [2.75, 3.05) is 13.7 Å². The van der Waals surface area contributed by atoms with Gasteiger partial charge >= 0.3 is 0 Å². The van der Waals surface area contributed by atoms with Crippen LogP contribution in [0, 0.1) is 0 Å². The highest BCUT2D eigenvalue weighted by Gasteiger charge is 2.18. The summed E-state index contributed by atoms with van der Waals surface area (Å²) >= 11 is 0. The molecule has 0 fully saturated rings. The Morgan fingerprint density at radius 1 is 1.15 bits per heavy atom. The van der Waals surface area contributed by atoms with E-state index in [1.807, 2.05) is 38.1 Å². The minimum atomic E-state index is -3.62. The zero-order chi connectivity index (χ0) is 19.2.